The van der Waals surface area contributed by atoms with E-state index in [0.29, 0.717) is 11.8 Å². The van der Waals surface area contributed by atoms with Gasteiger partial charge in [0, 0.05) is 13.0 Å². The number of nitrogens with one attached hydrogen (secondary N) is 1. The van der Waals surface area contributed by atoms with Crippen molar-refractivity contribution >= 4 is 5.91 Å². The van der Waals surface area contributed by atoms with E-state index in [-0.39, 0.29) is 11.8 Å². The number of carbonyl (C=O) groups is 1. The lowest BCUT2D eigenvalue weighted by atomic mass is 9.93. The first-order valence-corrected chi connectivity index (χ1v) is 6.45. The Kier molecular flexibility index (Phi) is 4.98. The number of hydrogen-bond donors (Lipinski definition) is 1. The molecule has 1 N–H and O–H groups in total. The van der Waals surface area contributed by atoms with Crippen LogP contribution < -0.4 is 5.32 Å². The van der Waals surface area contributed by atoms with Gasteiger partial charge in [0.1, 0.15) is 0 Å². The van der Waals surface area contributed by atoms with E-state index in [1.165, 1.54) is 11.1 Å². The quantitative estimate of drug-likeness (QED) is 0.747. The molecule has 0 heterocycles. The van der Waals surface area contributed by atoms with Gasteiger partial charge < -0.3 is 5.32 Å². The molecular formula is C15H25NO. The van der Waals surface area contributed by atoms with Gasteiger partial charge >= 0.3 is 0 Å². The summed E-state index contributed by atoms with van der Waals surface area (Å²) < 4.78 is 0. The maximum absolute atomic E-state index is 11.9. The van der Waals surface area contributed by atoms with Crippen LogP contribution in [0, 0.1) is 17.8 Å². The van der Waals surface area contributed by atoms with Crippen LogP contribution in [0.2, 0.25) is 0 Å². The summed E-state index contributed by atoms with van der Waals surface area (Å²) in [6.45, 7) is 8.47. The molecule has 0 spiro atoms. The summed E-state index contributed by atoms with van der Waals surface area (Å²) in [5.41, 5.74) is 2.66. The molecule has 3 atom stereocenters. The standard InChI is InChI=1S/C15H25NO/c1-10(2)6-12-8-13(7-11(3)4)14(9-12)15(17)16-5/h6-7,12-14H,8-9H2,1-5H3,(H,16,17). The summed E-state index contributed by atoms with van der Waals surface area (Å²) in [5.74, 6) is 1.30. The second-order valence-corrected chi connectivity index (χ2v) is 5.60. The molecule has 0 aliphatic heterocycles. The molecule has 1 aliphatic rings. The van der Waals surface area contributed by atoms with Crippen molar-refractivity contribution < 1.29 is 4.79 Å². The van der Waals surface area contributed by atoms with Gasteiger partial charge in [0.15, 0.2) is 0 Å². The Bertz CT molecular complexity index is 333. The zero-order chi connectivity index (χ0) is 13.0. The average Bonchev–Trinajstić information content (AvgIpc) is 2.57. The topological polar surface area (TPSA) is 29.1 Å². The van der Waals surface area contributed by atoms with E-state index in [4.69, 9.17) is 0 Å². The van der Waals surface area contributed by atoms with E-state index < -0.39 is 0 Å². The van der Waals surface area contributed by atoms with Crippen molar-refractivity contribution in [2.24, 2.45) is 17.8 Å². The SMILES string of the molecule is CNC(=O)C1CC(C=C(C)C)CC1C=C(C)C. The summed E-state index contributed by atoms with van der Waals surface area (Å²) in [5, 5.41) is 2.80. The monoisotopic (exact) mass is 235 g/mol. The Morgan fingerprint density at radius 1 is 1.06 bits per heavy atom. The summed E-state index contributed by atoms with van der Waals surface area (Å²) in [6, 6.07) is 0. The lowest BCUT2D eigenvalue weighted by molar-refractivity contribution is -0.125. The van der Waals surface area contributed by atoms with Crippen LogP contribution in [0.4, 0.5) is 0 Å². The van der Waals surface area contributed by atoms with Gasteiger partial charge in [0.05, 0.1) is 0 Å². The third-order valence-electron chi connectivity index (χ3n) is 3.35. The molecule has 1 amide bonds. The summed E-state index contributed by atoms with van der Waals surface area (Å²) in [6.07, 6.45) is 6.67. The van der Waals surface area contributed by atoms with Gasteiger partial charge in [0.25, 0.3) is 0 Å². The van der Waals surface area contributed by atoms with Gasteiger partial charge in [-0.25, -0.2) is 0 Å². The average molecular weight is 235 g/mol. The van der Waals surface area contributed by atoms with Gasteiger partial charge in [-0.05, 0) is 52.4 Å². The molecule has 3 unspecified atom stereocenters. The maximum atomic E-state index is 11.9. The fraction of sp³-hybridized carbons (Fsp3) is 0.667. The van der Waals surface area contributed by atoms with Crippen LogP contribution in [-0.2, 0) is 4.79 Å². The number of amides is 1. The second-order valence-electron chi connectivity index (χ2n) is 5.60. The molecule has 1 saturated carbocycles. The summed E-state index contributed by atoms with van der Waals surface area (Å²) >= 11 is 0. The van der Waals surface area contributed by atoms with E-state index in [9.17, 15) is 4.79 Å². The van der Waals surface area contributed by atoms with Crippen LogP contribution in [0.25, 0.3) is 0 Å². The second kappa shape index (κ2) is 6.04. The lowest BCUT2D eigenvalue weighted by Crippen LogP contribution is -2.29. The van der Waals surface area contributed by atoms with Crippen molar-refractivity contribution in [2.75, 3.05) is 7.05 Å². The largest absolute Gasteiger partial charge is 0.359 e. The Morgan fingerprint density at radius 2 is 1.65 bits per heavy atom. The zero-order valence-corrected chi connectivity index (χ0v) is 11.7. The number of carbonyl (C=O) groups excluding carboxylic acids is 1. The molecule has 0 aromatic carbocycles. The maximum Gasteiger partial charge on any atom is 0.223 e. The molecule has 2 nitrogen and oxygen atoms in total. The Labute approximate surface area is 105 Å². The minimum atomic E-state index is 0.149. The molecule has 2 heteroatoms. The first-order chi connectivity index (χ1) is 7.93. The summed E-state index contributed by atoms with van der Waals surface area (Å²) in [4.78, 5) is 11.9. The van der Waals surface area contributed by atoms with Crippen LogP contribution in [0.15, 0.2) is 23.3 Å². The molecule has 1 aliphatic carbocycles. The Hall–Kier alpha value is -1.05. The molecule has 1 fully saturated rings. The third kappa shape index (κ3) is 4.03. The lowest BCUT2D eigenvalue weighted by Gasteiger charge is -2.14. The van der Waals surface area contributed by atoms with E-state index in [0.717, 1.165) is 12.8 Å². The van der Waals surface area contributed by atoms with E-state index in [1.54, 1.807) is 7.05 Å². The molecule has 1 rings (SSSR count). The fourth-order valence-electron chi connectivity index (χ4n) is 2.82. The fourth-order valence-corrected chi connectivity index (χ4v) is 2.82. The molecule has 0 aromatic heterocycles. The van der Waals surface area contributed by atoms with E-state index >= 15 is 0 Å². The molecule has 0 saturated heterocycles. The van der Waals surface area contributed by atoms with Crippen molar-refractivity contribution in [1.82, 2.24) is 5.32 Å². The van der Waals surface area contributed by atoms with Gasteiger partial charge in [0.2, 0.25) is 5.91 Å². The minimum absolute atomic E-state index is 0.149. The first-order valence-electron chi connectivity index (χ1n) is 6.45. The first kappa shape index (κ1) is 14.0. The molecular weight excluding hydrogens is 210 g/mol. The van der Waals surface area contributed by atoms with Crippen molar-refractivity contribution in [1.29, 1.82) is 0 Å². The highest BCUT2D eigenvalue weighted by atomic mass is 16.1. The highest BCUT2D eigenvalue weighted by molar-refractivity contribution is 5.79. The van der Waals surface area contributed by atoms with E-state index in [1.807, 2.05) is 0 Å². The predicted molar refractivity (Wildman–Crippen MR) is 72.6 cm³/mol. The Balaban J connectivity index is 2.83. The van der Waals surface area contributed by atoms with Crippen molar-refractivity contribution in [3.63, 3.8) is 0 Å². The van der Waals surface area contributed by atoms with Crippen molar-refractivity contribution in [3.8, 4) is 0 Å². The van der Waals surface area contributed by atoms with E-state index in [2.05, 4.69) is 45.2 Å². The van der Waals surface area contributed by atoms with Gasteiger partial charge in [-0.2, -0.15) is 0 Å². The Morgan fingerprint density at radius 3 is 2.12 bits per heavy atom. The van der Waals surface area contributed by atoms with Gasteiger partial charge in [-0.15, -0.1) is 0 Å². The van der Waals surface area contributed by atoms with Gasteiger partial charge in [-0.3, -0.25) is 4.79 Å². The van der Waals surface area contributed by atoms with Crippen molar-refractivity contribution in [3.05, 3.63) is 23.3 Å². The number of hydrogen-bond acceptors (Lipinski definition) is 1. The van der Waals surface area contributed by atoms with Crippen LogP contribution in [0.1, 0.15) is 40.5 Å². The zero-order valence-electron chi connectivity index (χ0n) is 11.7. The predicted octanol–water partition coefficient (Wildman–Crippen LogP) is 3.31. The third-order valence-corrected chi connectivity index (χ3v) is 3.35. The van der Waals surface area contributed by atoms with Crippen molar-refractivity contribution in [2.45, 2.75) is 40.5 Å². The summed E-state index contributed by atoms with van der Waals surface area (Å²) in [7, 11) is 1.73. The van der Waals surface area contributed by atoms with Crippen LogP contribution in [0.3, 0.4) is 0 Å². The molecule has 17 heavy (non-hydrogen) atoms. The van der Waals surface area contributed by atoms with Crippen LogP contribution in [-0.4, -0.2) is 13.0 Å². The van der Waals surface area contributed by atoms with Gasteiger partial charge in [-0.1, -0.05) is 23.3 Å². The van der Waals surface area contributed by atoms with Crippen LogP contribution >= 0.6 is 0 Å². The minimum Gasteiger partial charge on any atom is -0.359 e. The van der Waals surface area contributed by atoms with Crippen LogP contribution in [0.5, 0.6) is 0 Å². The molecule has 0 bridgehead atoms. The smallest absolute Gasteiger partial charge is 0.223 e. The molecule has 0 aromatic rings. The number of rotatable bonds is 3. The normalized spacial score (nSPS) is 27.5. The molecule has 0 radical (unpaired) electrons. The molecule has 96 valence electrons. The highest BCUT2D eigenvalue weighted by Crippen LogP contribution is 2.39. The highest BCUT2D eigenvalue weighted by Gasteiger charge is 2.35. The number of allylic oxidation sites excluding steroid dienone is 4.